The smallest absolute Gasteiger partial charge is 0.416 e. The molecular formula is C25H22F3N5O6. The summed E-state index contributed by atoms with van der Waals surface area (Å²) in [6.07, 6.45) is -4.58. The first-order chi connectivity index (χ1) is 18.6. The maximum Gasteiger partial charge on any atom is 0.416 e. The van der Waals surface area contributed by atoms with E-state index in [1.807, 2.05) is 4.90 Å². The van der Waals surface area contributed by atoms with Crippen LogP contribution in [0.25, 0.3) is 0 Å². The summed E-state index contributed by atoms with van der Waals surface area (Å²) in [6.45, 7) is 1.77. The number of esters is 1. The van der Waals surface area contributed by atoms with E-state index in [0.29, 0.717) is 43.4 Å². The van der Waals surface area contributed by atoms with Gasteiger partial charge in [0.1, 0.15) is 11.5 Å². The van der Waals surface area contributed by atoms with Gasteiger partial charge in [0.25, 0.3) is 0 Å². The number of primary amides is 1. The van der Waals surface area contributed by atoms with Gasteiger partial charge in [0.05, 0.1) is 30.2 Å². The van der Waals surface area contributed by atoms with Crippen LogP contribution < -0.4 is 26.0 Å². The van der Waals surface area contributed by atoms with Crippen molar-refractivity contribution in [3.05, 3.63) is 72.1 Å². The number of ether oxygens (including phenoxy) is 3. The Hall–Kier alpha value is -4.85. The molecule has 0 aliphatic carbocycles. The fourth-order valence-corrected chi connectivity index (χ4v) is 3.65. The Bertz CT molecular complexity index is 1360. The predicted molar refractivity (Wildman–Crippen MR) is 133 cm³/mol. The molecule has 0 atom stereocenters. The molecule has 4 N–H and O–H groups in total. The van der Waals surface area contributed by atoms with Crippen molar-refractivity contribution >= 4 is 35.2 Å². The zero-order valence-electron chi connectivity index (χ0n) is 20.2. The summed E-state index contributed by atoms with van der Waals surface area (Å²) in [5.41, 5.74) is 4.52. The number of aromatic nitrogens is 1. The Morgan fingerprint density at radius 2 is 1.67 bits per heavy atom. The van der Waals surface area contributed by atoms with Gasteiger partial charge in [-0.1, -0.05) is 0 Å². The number of benzene rings is 2. The molecule has 0 bridgehead atoms. The molecule has 0 radical (unpaired) electrons. The number of hydrogen-bond donors (Lipinski definition) is 3. The van der Waals surface area contributed by atoms with Crippen molar-refractivity contribution in [2.45, 2.75) is 6.18 Å². The van der Waals surface area contributed by atoms with Crippen LogP contribution >= 0.6 is 0 Å². The number of hydrogen-bond acceptors (Lipinski definition) is 8. The second-order valence-electron chi connectivity index (χ2n) is 8.12. The van der Waals surface area contributed by atoms with Crippen molar-refractivity contribution in [2.75, 3.05) is 41.8 Å². The number of pyridine rings is 1. The first-order valence-corrected chi connectivity index (χ1v) is 11.5. The minimum absolute atomic E-state index is 0.00697. The minimum atomic E-state index is -4.58. The topological polar surface area (TPSA) is 145 Å². The van der Waals surface area contributed by atoms with Crippen molar-refractivity contribution in [2.24, 2.45) is 5.73 Å². The number of carbonyl (C=O) groups excluding carboxylic acids is 3. The third-order valence-electron chi connectivity index (χ3n) is 5.41. The summed E-state index contributed by atoms with van der Waals surface area (Å²) >= 11 is 0. The average molecular weight is 545 g/mol. The number of amides is 3. The van der Waals surface area contributed by atoms with Crippen LogP contribution in [0.2, 0.25) is 0 Å². The Labute approximate surface area is 219 Å². The highest BCUT2D eigenvalue weighted by atomic mass is 19.4. The van der Waals surface area contributed by atoms with Gasteiger partial charge in [0, 0.05) is 31.0 Å². The second-order valence-corrected chi connectivity index (χ2v) is 8.12. The third-order valence-corrected chi connectivity index (χ3v) is 5.41. The Morgan fingerprint density at radius 1 is 0.949 bits per heavy atom. The molecule has 4 rings (SSSR count). The lowest BCUT2D eigenvalue weighted by Crippen LogP contribution is -2.37. The Morgan fingerprint density at radius 3 is 2.33 bits per heavy atom. The fourth-order valence-electron chi connectivity index (χ4n) is 3.65. The molecule has 1 saturated heterocycles. The fraction of sp³-hybridized carbons (Fsp3) is 0.200. The van der Waals surface area contributed by atoms with Gasteiger partial charge in [-0.15, -0.1) is 0 Å². The van der Waals surface area contributed by atoms with E-state index in [1.54, 1.807) is 0 Å². The van der Waals surface area contributed by atoms with E-state index in [4.69, 9.17) is 15.2 Å². The quantitative estimate of drug-likeness (QED) is 0.301. The van der Waals surface area contributed by atoms with Gasteiger partial charge >= 0.3 is 24.3 Å². The summed E-state index contributed by atoms with van der Waals surface area (Å²) in [5.74, 6) is -0.509. The molecule has 0 saturated carbocycles. The van der Waals surface area contributed by atoms with Crippen LogP contribution in [0.4, 0.5) is 39.8 Å². The number of nitrogens with two attached hydrogens (primary N) is 1. The molecule has 39 heavy (non-hydrogen) atoms. The van der Waals surface area contributed by atoms with E-state index in [2.05, 4.69) is 20.4 Å². The summed E-state index contributed by atoms with van der Waals surface area (Å²) < 4.78 is 55.2. The number of morpholine rings is 1. The second kappa shape index (κ2) is 11.7. The van der Waals surface area contributed by atoms with Gasteiger partial charge in [-0.05, 0) is 48.5 Å². The molecule has 3 amide bonds. The zero-order valence-corrected chi connectivity index (χ0v) is 20.2. The largest absolute Gasteiger partial charge is 0.457 e. The lowest BCUT2D eigenvalue weighted by molar-refractivity contribution is -0.137. The van der Waals surface area contributed by atoms with Gasteiger partial charge in [-0.3, -0.25) is 0 Å². The number of urea groups is 1. The molecule has 14 heteroatoms. The molecule has 1 aromatic heterocycles. The standard InChI is InChI=1S/C25H22F3N5O6/c26-25(27,28)15-1-6-21(33-9-11-37-12-10-33)19(13-15)32-24(36)31-16-2-4-17(5-3-16)38-18-7-8-30-20(14-18)22(34)39-23(29)35/h1-8,13-14H,9-12H2,(H2,29,35)(H2,31,32,36). The summed E-state index contributed by atoms with van der Waals surface area (Å²) in [7, 11) is 0. The van der Waals surface area contributed by atoms with Crippen LogP contribution in [-0.2, 0) is 15.7 Å². The van der Waals surface area contributed by atoms with Crippen LogP contribution in [0.5, 0.6) is 11.5 Å². The van der Waals surface area contributed by atoms with Gasteiger partial charge < -0.3 is 35.5 Å². The summed E-state index contributed by atoms with van der Waals surface area (Å²) in [5, 5.41) is 5.07. The first kappa shape index (κ1) is 27.2. The van der Waals surface area contributed by atoms with E-state index in [9.17, 15) is 27.6 Å². The van der Waals surface area contributed by atoms with Crippen LogP contribution in [0.1, 0.15) is 16.1 Å². The van der Waals surface area contributed by atoms with Crippen molar-refractivity contribution < 1.29 is 41.8 Å². The van der Waals surface area contributed by atoms with Crippen LogP contribution in [0.15, 0.2) is 60.8 Å². The zero-order chi connectivity index (χ0) is 28.0. The first-order valence-electron chi connectivity index (χ1n) is 11.5. The predicted octanol–water partition coefficient (Wildman–Crippen LogP) is 4.61. The molecule has 3 aromatic rings. The highest BCUT2D eigenvalue weighted by Gasteiger charge is 2.32. The number of carbonyl (C=O) groups is 3. The van der Waals surface area contributed by atoms with E-state index in [0.717, 1.165) is 12.1 Å². The van der Waals surface area contributed by atoms with E-state index >= 15 is 0 Å². The number of nitrogens with zero attached hydrogens (tertiary/aromatic N) is 2. The van der Waals surface area contributed by atoms with Crippen molar-refractivity contribution in [1.82, 2.24) is 4.98 Å². The van der Waals surface area contributed by atoms with Crippen LogP contribution in [0.3, 0.4) is 0 Å². The van der Waals surface area contributed by atoms with Gasteiger partial charge in [-0.25, -0.2) is 19.4 Å². The SMILES string of the molecule is NC(=O)OC(=O)c1cc(Oc2ccc(NC(=O)Nc3cc(C(F)(F)F)ccc3N3CCOCC3)cc2)ccn1. The van der Waals surface area contributed by atoms with E-state index in [-0.39, 0.29) is 17.1 Å². The lowest BCUT2D eigenvalue weighted by atomic mass is 10.1. The molecular weight excluding hydrogens is 523 g/mol. The number of anilines is 3. The highest BCUT2D eigenvalue weighted by Crippen LogP contribution is 2.36. The van der Waals surface area contributed by atoms with Gasteiger partial charge in [0.15, 0.2) is 5.69 Å². The molecule has 1 aliphatic heterocycles. The molecule has 1 aliphatic rings. The lowest BCUT2D eigenvalue weighted by Gasteiger charge is -2.31. The molecule has 0 unspecified atom stereocenters. The minimum Gasteiger partial charge on any atom is -0.457 e. The summed E-state index contributed by atoms with van der Waals surface area (Å²) in [4.78, 5) is 40.8. The van der Waals surface area contributed by atoms with Gasteiger partial charge in [0.2, 0.25) is 0 Å². The van der Waals surface area contributed by atoms with Gasteiger partial charge in [-0.2, -0.15) is 13.2 Å². The Kier molecular flexibility index (Phi) is 8.15. The molecule has 2 aromatic carbocycles. The maximum absolute atomic E-state index is 13.3. The molecule has 204 valence electrons. The van der Waals surface area contributed by atoms with E-state index < -0.39 is 29.8 Å². The molecule has 0 spiro atoms. The molecule has 1 fully saturated rings. The van der Waals surface area contributed by atoms with E-state index in [1.165, 1.54) is 48.7 Å². The van der Waals surface area contributed by atoms with Crippen molar-refractivity contribution in [3.8, 4) is 11.5 Å². The van der Waals surface area contributed by atoms with Crippen LogP contribution in [-0.4, -0.2) is 49.4 Å². The number of halogens is 3. The third kappa shape index (κ3) is 7.35. The summed E-state index contributed by atoms with van der Waals surface area (Å²) in [6, 6.07) is 11.2. The molecule has 11 nitrogen and oxygen atoms in total. The Balaban J connectivity index is 1.43. The highest BCUT2D eigenvalue weighted by molar-refractivity contribution is 6.02. The normalized spacial score (nSPS) is 13.4. The van der Waals surface area contributed by atoms with Crippen molar-refractivity contribution in [3.63, 3.8) is 0 Å². The maximum atomic E-state index is 13.3. The monoisotopic (exact) mass is 545 g/mol. The number of nitrogens with one attached hydrogen (secondary N) is 2. The van der Waals surface area contributed by atoms with Crippen molar-refractivity contribution in [1.29, 1.82) is 0 Å². The molecule has 2 heterocycles. The van der Waals surface area contributed by atoms with Crippen LogP contribution in [0, 0.1) is 0 Å². The number of rotatable bonds is 6. The average Bonchev–Trinajstić information content (AvgIpc) is 2.89. The number of alkyl halides is 3.